The van der Waals surface area contributed by atoms with E-state index in [9.17, 15) is 0 Å². The van der Waals surface area contributed by atoms with Gasteiger partial charge in [-0.1, -0.05) is 140 Å². The number of aliphatic imine (C=N–C) groups is 1. The zero-order chi connectivity index (χ0) is 38.4. The van der Waals surface area contributed by atoms with Crippen LogP contribution in [0.5, 0.6) is 0 Å². The number of nitrogens with zero attached hydrogens (tertiary/aromatic N) is 3. The number of fused-ring (bicyclic) bond motifs is 5. The van der Waals surface area contributed by atoms with E-state index in [1.54, 1.807) is 11.1 Å². The molecule has 4 atom stereocenters. The molecule has 0 radical (unpaired) electrons. The number of rotatable bonds is 6. The molecule has 58 heavy (non-hydrogen) atoms. The highest BCUT2D eigenvalue weighted by atomic mass is 15.2. The summed E-state index contributed by atoms with van der Waals surface area (Å²) >= 11 is 0. The number of hydrogen-bond donors (Lipinski definition) is 1. The van der Waals surface area contributed by atoms with E-state index in [0.29, 0.717) is 17.9 Å². The van der Waals surface area contributed by atoms with Crippen molar-refractivity contribution in [1.29, 1.82) is 0 Å². The van der Waals surface area contributed by atoms with Gasteiger partial charge in [-0.3, -0.25) is 4.99 Å². The highest BCUT2D eigenvalue weighted by Gasteiger charge is 2.47. The maximum absolute atomic E-state index is 5.21. The number of allylic oxidation sites excluding steroid dienone is 13. The zero-order valence-corrected chi connectivity index (χ0v) is 33.1. The largest absolute Gasteiger partial charge is 0.360 e. The Balaban J connectivity index is 0.904. The van der Waals surface area contributed by atoms with Crippen LogP contribution in [0.4, 0.5) is 0 Å². The Hall–Kier alpha value is -6.13. The molecule has 8 aliphatic rings. The first-order chi connectivity index (χ1) is 28.8. The lowest BCUT2D eigenvalue weighted by Gasteiger charge is -2.39. The molecule has 11 rings (SSSR count). The van der Waals surface area contributed by atoms with Gasteiger partial charge in [0.1, 0.15) is 6.17 Å². The second-order valence-electron chi connectivity index (χ2n) is 16.6. The van der Waals surface area contributed by atoms with Crippen molar-refractivity contribution in [1.82, 2.24) is 15.1 Å². The first-order valence-electron chi connectivity index (χ1n) is 21.6. The molecule has 0 saturated carbocycles. The highest BCUT2D eigenvalue weighted by Crippen LogP contribution is 2.55. The molecular formula is C54H50N4. The molecule has 4 unspecified atom stereocenters. The topological polar surface area (TPSA) is 30.9 Å². The Morgan fingerprint density at radius 1 is 0.638 bits per heavy atom. The number of benzene rings is 3. The molecule has 3 aromatic rings. The van der Waals surface area contributed by atoms with Crippen LogP contribution in [-0.2, 0) is 0 Å². The van der Waals surface area contributed by atoms with E-state index in [0.717, 1.165) is 79.5 Å². The monoisotopic (exact) mass is 754 g/mol. The summed E-state index contributed by atoms with van der Waals surface area (Å²) in [5.41, 5.74) is 18.3. The van der Waals surface area contributed by atoms with E-state index < -0.39 is 0 Å². The minimum Gasteiger partial charge on any atom is -0.360 e. The molecule has 0 spiro atoms. The van der Waals surface area contributed by atoms with Crippen molar-refractivity contribution in [3.63, 3.8) is 0 Å². The van der Waals surface area contributed by atoms with Crippen LogP contribution >= 0.6 is 0 Å². The second-order valence-corrected chi connectivity index (χ2v) is 16.6. The molecule has 0 amide bonds. The van der Waals surface area contributed by atoms with Crippen molar-refractivity contribution in [2.75, 3.05) is 0 Å². The van der Waals surface area contributed by atoms with Crippen LogP contribution in [0.2, 0.25) is 0 Å². The third-order valence-electron chi connectivity index (χ3n) is 13.2. The fourth-order valence-corrected chi connectivity index (χ4v) is 10.4. The maximum Gasteiger partial charge on any atom is 0.145 e. The van der Waals surface area contributed by atoms with Gasteiger partial charge in [0.05, 0.1) is 17.1 Å². The smallest absolute Gasteiger partial charge is 0.145 e. The van der Waals surface area contributed by atoms with Crippen molar-refractivity contribution < 1.29 is 0 Å². The minimum absolute atomic E-state index is 0.148. The number of nitrogens with one attached hydrogen (secondary N) is 1. The van der Waals surface area contributed by atoms with Gasteiger partial charge in [0.2, 0.25) is 0 Å². The molecule has 0 saturated heterocycles. The molecule has 1 N–H and O–H groups in total. The second kappa shape index (κ2) is 15.0. The summed E-state index contributed by atoms with van der Waals surface area (Å²) in [6.45, 7) is 0. The molecule has 286 valence electrons. The standard InChI is InChI=1S/C54H50N4/c1-4-16-39(17-5-1)47-36-48(56-54(55-47)41-18-6-2-7-19-41)40-30-28-37(29-31-40)38-32-34-43(35-33-38)57-49-25-13-10-22-44(49)52-45-23-11-14-26-50(45)58(42-20-8-3-9-21-42)53(52)46-24-12-15-27-51(46)57/h1-2,4-8,11,13,16-21,23-25,27-32,34-36,38,45,50,54-55H,3,9-10,12,14-15,22,26,33H2. The van der Waals surface area contributed by atoms with Crippen LogP contribution < -0.4 is 5.32 Å². The average Bonchev–Trinajstić information content (AvgIpc) is 3.59. The Labute approximate surface area is 343 Å². The van der Waals surface area contributed by atoms with Crippen molar-refractivity contribution in [2.45, 2.75) is 75.9 Å². The lowest BCUT2D eigenvalue weighted by Crippen LogP contribution is -2.36. The molecular weight excluding hydrogens is 705 g/mol. The van der Waals surface area contributed by atoms with E-state index in [2.05, 4.69) is 179 Å². The van der Waals surface area contributed by atoms with E-state index >= 15 is 0 Å². The van der Waals surface area contributed by atoms with Crippen LogP contribution in [0, 0.1) is 5.92 Å². The van der Waals surface area contributed by atoms with E-state index in [1.807, 2.05) is 0 Å². The molecule has 3 heterocycles. The molecule has 0 bridgehead atoms. The van der Waals surface area contributed by atoms with E-state index in [4.69, 9.17) is 4.99 Å². The molecule has 0 fully saturated rings. The van der Waals surface area contributed by atoms with Gasteiger partial charge < -0.3 is 15.1 Å². The predicted molar refractivity (Wildman–Crippen MR) is 238 cm³/mol. The molecule has 4 nitrogen and oxygen atoms in total. The lowest BCUT2D eigenvalue weighted by molar-refractivity contribution is 0.296. The van der Waals surface area contributed by atoms with Crippen LogP contribution in [-0.4, -0.2) is 21.6 Å². The third kappa shape index (κ3) is 6.18. The summed E-state index contributed by atoms with van der Waals surface area (Å²) in [4.78, 5) is 10.6. The van der Waals surface area contributed by atoms with Gasteiger partial charge in [-0.25, -0.2) is 0 Å². The zero-order valence-electron chi connectivity index (χ0n) is 33.1. The minimum atomic E-state index is -0.148. The van der Waals surface area contributed by atoms with Crippen molar-refractivity contribution in [2.24, 2.45) is 10.9 Å². The summed E-state index contributed by atoms with van der Waals surface area (Å²) in [5, 5.41) is 3.69. The quantitative estimate of drug-likeness (QED) is 0.254. The Bertz CT molecular complexity index is 2510. The Morgan fingerprint density at radius 2 is 1.45 bits per heavy atom. The predicted octanol–water partition coefficient (Wildman–Crippen LogP) is 12.4. The third-order valence-corrected chi connectivity index (χ3v) is 13.2. The summed E-state index contributed by atoms with van der Waals surface area (Å²) in [6.07, 6.45) is 41.5. The van der Waals surface area contributed by atoms with Gasteiger partial charge in [0, 0.05) is 46.2 Å². The average molecular weight is 755 g/mol. The summed E-state index contributed by atoms with van der Waals surface area (Å²) in [5.74, 6) is 0.735. The first-order valence-corrected chi connectivity index (χ1v) is 21.6. The summed E-state index contributed by atoms with van der Waals surface area (Å²) in [7, 11) is 0. The molecule has 0 aromatic heterocycles. The molecule has 3 aliphatic heterocycles. The van der Waals surface area contributed by atoms with Gasteiger partial charge in [-0.05, 0) is 115 Å². The van der Waals surface area contributed by atoms with E-state index in [1.165, 1.54) is 46.0 Å². The lowest BCUT2D eigenvalue weighted by atomic mass is 9.80. The molecule has 5 aliphatic carbocycles. The van der Waals surface area contributed by atoms with Crippen LogP contribution in [0.25, 0.3) is 5.70 Å². The van der Waals surface area contributed by atoms with Gasteiger partial charge in [-0.2, -0.15) is 0 Å². The van der Waals surface area contributed by atoms with Gasteiger partial charge in [-0.15, -0.1) is 0 Å². The SMILES string of the molecule is C1=CC(N2C3=C(C4=C(C=CCC4)N(C4=CCC(c5ccc(C6=NC(c7ccccc7)NC(c7ccccc7)=C6)cc5)C=C4)C4=CCCC=C43)C3C=CCCC32)=CCC1. The summed E-state index contributed by atoms with van der Waals surface area (Å²) < 4.78 is 0. The van der Waals surface area contributed by atoms with Gasteiger partial charge in [0.15, 0.2) is 0 Å². The van der Waals surface area contributed by atoms with Crippen molar-refractivity contribution in [3.8, 4) is 0 Å². The van der Waals surface area contributed by atoms with Crippen molar-refractivity contribution in [3.05, 3.63) is 231 Å². The fraction of sp³-hybridized carbons (Fsp3) is 0.241. The van der Waals surface area contributed by atoms with Gasteiger partial charge >= 0.3 is 0 Å². The molecule has 3 aromatic carbocycles. The number of hydrogen-bond acceptors (Lipinski definition) is 4. The van der Waals surface area contributed by atoms with Crippen LogP contribution in [0.3, 0.4) is 0 Å². The van der Waals surface area contributed by atoms with E-state index in [-0.39, 0.29) is 6.17 Å². The fourth-order valence-electron chi connectivity index (χ4n) is 10.4. The molecule has 4 heteroatoms. The van der Waals surface area contributed by atoms with Crippen LogP contribution in [0.15, 0.2) is 214 Å². The van der Waals surface area contributed by atoms with Gasteiger partial charge in [0.25, 0.3) is 0 Å². The highest BCUT2D eigenvalue weighted by molar-refractivity contribution is 6.13. The first kappa shape index (κ1) is 35.1. The Kier molecular flexibility index (Phi) is 9.06. The van der Waals surface area contributed by atoms with Crippen LogP contribution in [0.1, 0.15) is 92.1 Å². The maximum atomic E-state index is 5.21. The summed E-state index contributed by atoms with van der Waals surface area (Å²) in [6, 6.07) is 30.7. The van der Waals surface area contributed by atoms with Crippen molar-refractivity contribution >= 4 is 11.4 Å². The normalized spacial score (nSPS) is 25.9. The Morgan fingerprint density at radius 3 is 2.26 bits per heavy atom.